The molecule has 0 bridgehead atoms. The maximum atomic E-state index is 12.3. The lowest BCUT2D eigenvalue weighted by atomic mass is 10.1. The number of fused-ring (bicyclic) bond motifs is 2. The zero-order chi connectivity index (χ0) is 12.7. The lowest BCUT2D eigenvalue weighted by Gasteiger charge is -2.08. The van der Waals surface area contributed by atoms with Gasteiger partial charge in [-0.3, -0.25) is 4.79 Å². The minimum Gasteiger partial charge on any atom is -0.456 e. The summed E-state index contributed by atoms with van der Waals surface area (Å²) in [7, 11) is 0. The molecule has 0 fully saturated rings. The fourth-order valence-corrected chi connectivity index (χ4v) is 2.09. The minimum absolute atomic E-state index is 0.159. The number of aliphatic hydroxyl groups excluding tert-OH is 1. The third-order valence-corrected chi connectivity index (χ3v) is 2.92. The third kappa shape index (κ3) is 1.51. The van der Waals surface area contributed by atoms with E-state index in [2.05, 4.69) is 0 Å². The number of aliphatic hydroxyl groups is 2. The summed E-state index contributed by atoms with van der Waals surface area (Å²) < 4.78 is 5.60. The van der Waals surface area contributed by atoms with Gasteiger partial charge in [-0.2, -0.15) is 0 Å². The normalized spacial score (nSPS) is 11.5. The highest BCUT2D eigenvalue weighted by Crippen LogP contribution is 2.23. The van der Waals surface area contributed by atoms with E-state index in [4.69, 9.17) is 4.42 Å². The Bertz CT molecular complexity index is 787. The monoisotopic (exact) mass is 242 g/mol. The first-order valence-electron chi connectivity index (χ1n) is 5.49. The van der Waals surface area contributed by atoms with Crippen LogP contribution in [0.4, 0.5) is 0 Å². The van der Waals surface area contributed by atoms with Crippen LogP contribution in [0.15, 0.2) is 51.7 Å². The highest BCUT2D eigenvalue weighted by Gasteiger charge is 2.14. The summed E-state index contributed by atoms with van der Waals surface area (Å²) in [4.78, 5) is 12.3. The van der Waals surface area contributed by atoms with Crippen LogP contribution in [0.2, 0.25) is 0 Å². The van der Waals surface area contributed by atoms with E-state index in [1.165, 1.54) is 6.07 Å². The summed E-state index contributed by atoms with van der Waals surface area (Å²) in [5.41, 5.74) is 0.742. The molecule has 2 N–H and O–H groups in total. The van der Waals surface area contributed by atoms with Gasteiger partial charge >= 0.3 is 0 Å². The molecule has 0 aliphatic carbocycles. The molecular weight excluding hydrogens is 232 g/mol. The number of rotatable bonds is 1. The van der Waals surface area contributed by atoms with Gasteiger partial charge in [0.25, 0.3) is 0 Å². The Hall–Kier alpha value is -2.17. The molecule has 1 heterocycles. The standard InChI is InChI=1S/C14H10O4/c15-13-8-4-1-2-6-10(8)18-11-7-3-5-9(12(11)13)14(16)17/h1-7,14,16-17H. The molecule has 0 spiro atoms. The van der Waals surface area contributed by atoms with Crippen LogP contribution in [-0.4, -0.2) is 10.2 Å². The van der Waals surface area contributed by atoms with Gasteiger partial charge in [0.15, 0.2) is 6.29 Å². The molecule has 0 amide bonds. The molecule has 0 aliphatic rings. The molecule has 0 atom stereocenters. The summed E-state index contributed by atoms with van der Waals surface area (Å²) >= 11 is 0. The Balaban J connectivity index is 2.57. The van der Waals surface area contributed by atoms with E-state index < -0.39 is 6.29 Å². The smallest absolute Gasteiger partial charge is 0.200 e. The van der Waals surface area contributed by atoms with Crippen molar-refractivity contribution in [3.8, 4) is 0 Å². The largest absolute Gasteiger partial charge is 0.456 e. The molecule has 2 aromatic carbocycles. The molecule has 0 unspecified atom stereocenters. The molecule has 3 aromatic rings. The molecule has 4 heteroatoms. The van der Waals surface area contributed by atoms with E-state index in [0.29, 0.717) is 16.6 Å². The minimum atomic E-state index is -1.70. The fourth-order valence-electron chi connectivity index (χ4n) is 2.09. The summed E-state index contributed by atoms with van der Waals surface area (Å²) in [6.45, 7) is 0. The fraction of sp³-hybridized carbons (Fsp3) is 0.0714. The molecule has 0 radical (unpaired) electrons. The number of benzene rings is 2. The average Bonchev–Trinajstić information content (AvgIpc) is 2.38. The van der Waals surface area contributed by atoms with E-state index in [1.54, 1.807) is 36.4 Å². The number of hydrogen-bond donors (Lipinski definition) is 2. The van der Waals surface area contributed by atoms with E-state index in [-0.39, 0.29) is 16.4 Å². The van der Waals surface area contributed by atoms with E-state index in [0.717, 1.165) is 0 Å². The average molecular weight is 242 g/mol. The first-order chi connectivity index (χ1) is 8.68. The van der Waals surface area contributed by atoms with Crippen LogP contribution in [-0.2, 0) is 0 Å². The predicted octanol–water partition coefficient (Wildman–Crippen LogP) is 1.93. The number of hydrogen-bond acceptors (Lipinski definition) is 4. The second-order valence-corrected chi connectivity index (χ2v) is 4.02. The Labute approximate surface area is 102 Å². The SMILES string of the molecule is O=c1c2ccccc2oc2cccc(C(O)O)c12. The van der Waals surface area contributed by atoms with Gasteiger partial charge in [-0.1, -0.05) is 24.3 Å². The molecule has 0 aliphatic heterocycles. The molecule has 18 heavy (non-hydrogen) atoms. The van der Waals surface area contributed by atoms with Gasteiger partial charge in [0.05, 0.1) is 10.8 Å². The summed E-state index contributed by atoms with van der Waals surface area (Å²) in [5.74, 6) is 0. The first-order valence-corrected chi connectivity index (χ1v) is 5.49. The predicted molar refractivity (Wildman–Crippen MR) is 67.2 cm³/mol. The second kappa shape index (κ2) is 3.94. The summed E-state index contributed by atoms with van der Waals surface area (Å²) in [6, 6.07) is 11.6. The van der Waals surface area contributed by atoms with Crippen molar-refractivity contribution in [3.05, 3.63) is 58.3 Å². The molecule has 0 saturated heterocycles. The van der Waals surface area contributed by atoms with Crippen molar-refractivity contribution in [1.29, 1.82) is 0 Å². The van der Waals surface area contributed by atoms with Crippen LogP contribution in [0.5, 0.6) is 0 Å². The summed E-state index contributed by atoms with van der Waals surface area (Å²) in [5, 5.41) is 19.2. The van der Waals surface area contributed by atoms with Crippen LogP contribution >= 0.6 is 0 Å². The van der Waals surface area contributed by atoms with Crippen LogP contribution in [0.1, 0.15) is 11.9 Å². The summed E-state index contributed by atoms with van der Waals surface area (Å²) in [6.07, 6.45) is -1.70. The molecule has 1 aromatic heterocycles. The Kier molecular flexibility index (Phi) is 2.40. The molecule has 90 valence electrons. The van der Waals surface area contributed by atoms with Crippen molar-refractivity contribution in [3.63, 3.8) is 0 Å². The van der Waals surface area contributed by atoms with Gasteiger partial charge in [0.2, 0.25) is 5.43 Å². The zero-order valence-electron chi connectivity index (χ0n) is 9.33. The molecule has 3 rings (SSSR count). The lowest BCUT2D eigenvalue weighted by Crippen LogP contribution is -2.07. The highest BCUT2D eigenvalue weighted by molar-refractivity contribution is 5.91. The highest BCUT2D eigenvalue weighted by atomic mass is 16.5. The molecule has 0 saturated carbocycles. The van der Waals surface area contributed by atoms with Crippen molar-refractivity contribution >= 4 is 21.9 Å². The molecular formula is C14H10O4. The van der Waals surface area contributed by atoms with Crippen LogP contribution < -0.4 is 5.43 Å². The zero-order valence-corrected chi connectivity index (χ0v) is 9.33. The van der Waals surface area contributed by atoms with E-state index >= 15 is 0 Å². The number of para-hydroxylation sites is 1. The van der Waals surface area contributed by atoms with Gasteiger partial charge in [0, 0.05) is 5.56 Å². The van der Waals surface area contributed by atoms with Gasteiger partial charge in [0.1, 0.15) is 11.2 Å². The van der Waals surface area contributed by atoms with Crippen LogP contribution in [0, 0.1) is 0 Å². The van der Waals surface area contributed by atoms with Crippen molar-refractivity contribution in [2.75, 3.05) is 0 Å². The van der Waals surface area contributed by atoms with Gasteiger partial charge < -0.3 is 14.6 Å². The van der Waals surface area contributed by atoms with Crippen LogP contribution in [0.25, 0.3) is 21.9 Å². The Morgan fingerprint density at radius 1 is 0.944 bits per heavy atom. The van der Waals surface area contributed by atoms with Crippen molar-refractivity contribution < 1.29 is 14.6 Å². The Morgan fingerprint density at radius 2 is 1.67 bits per heavy atom. The molecule has 4 nitrogen and oxygen atoms in total. The van der Waals surface area contributed by atoms with Crippen molar-refractivity contribution in [2.24, 2.45) is 0 Å². The maximum absolute atomic E-state index is 12.3. The second-order valence-electron chi connectivity index (χ2n) is 4.02. The van der Waals surface area contributed by atoms with E-state index in [1.807, 2.05) is 0 Å². The van der Waals surface area contributed by atoms with Crippen molar-refractivity contribution in [2.45, 2.75) is 6.29 Å². The third-order valence-electron chi connectivity index (χ3n) is 2.92. The lowest BCUT2D eigenvalue weighted by molar-refractivity contribution is -0.0413. The van der Waals surface area contributed by atoms with E-state index in [9.17, 15) is 15.0 Å². The quantitative estimate of drug-likeness (QED) is 0.505. The van der Waals surface area contributed by atoms with Gasteiger partial charge in [-0.05, 0) is 18.2 Å². The first kappa shape index (κ1) is 11.0. The Morgan fingerprint density at radius 3 is 2.44 bits per heavy atom. The van der Waals surface area contributed by atoms with Crippen LogP contribution in [0.3, 0.4) is 0 Å². The maximum Gasteiger partial charge on any atom is 0.200 e. The van der Waals surface area contributed by atoms with Gasteiger partial charge in [-0.15, -0.1) is 0 Å². The topological polar surface area (TPSA) is 70.7 Å². The van der Waals surface area contributed by atoms with Gasteiger partial charge in [-0.25, -0.2) is 0 Å². The van der Waals surface area contributed by atoms with Crippen molar-refractivity contribution in [1.82, 2.24) is 0 Å².